The summed E-state index contributed by atoms with van der Waals surface area (Å²) < 4.78 is 11.9. The van der Waals surface area contributed by atoms with Crippen molar-refractivity contribution >= 4 is 11.9 Å². The van der Waals surface area contributed by atoms with E-state index in [9.17, 15) is 24.9 Å². The predicted molar refractivity (Wildman–Crippen MR) is 95.4 cm³/mol. The number of allylic oxidation sites excluding steroid dienone is 4. The molecule has 2 atom stereocenters. The van der Waals surface area contributed by atoms with Gasteiger partial charge in [0.05, 0.1) is 11.7 Å². The van der Waals surface area contributed by atoms with Gasteiger partial charge in [0.2, 0.25) is 0 Å². The van der Waals surface area contributed by atoms with Gasteiger partial charge in [0.25, 0.3) is 0 Å². The van der Waals surface area contributed by atoms with Gasteiger partial charge in [-0.15, -0.1) is 0 Å². The number of hydrogen-bond acceptors (Lipinski definition) is 6. The van der Waals surface area contributed by atoms with Crippen LogP contribution in [0.4, 0.5) is 0 Å². The number of rotatable bonds is 1. The summed E-state index contributed by atoms with van der Waals surface area (Å²) in [5.41, 5.74) is 0.859. The van der Waals surface area contributed by atoms with Gasteiger partial charge in [0, 0.05) is 35.3 Å². The van der Waals surface area contributed by atoms with Gasteiger partial charge in [-0.2, -0.15) is 0 Å². The van der Waals surface area contributed by atoms with Gasteiger partial charge < -0.3 is 24.8 Å². The molecule has 2 heterocycles. The number of carbonyl (C=O) groups is 2. The predicted octanol–water partition coefficient (Wildman–Crippen LogP) is 2.98. The number of carboxylic acids is 1. The number of carboxylic acid groups (broad SMARTS) is 1. The van der Waals surface area contributed by atoms with Crippen LogP contribution in [0.15, 0.2) is 64.7 Å². The average molecular weight is 380 g/mol. The fourth-order valence-electron chi connectivity index (χ4n) is 4.46. The summed E-state index contributed by atoms with van der Waals surface area (Å²) in [6.07, 6.45) is 5.50. The van der Waals surface area contributed by atoms with Crippen LogP contribution < -0.4 is 4.74 Å². The quantitative estimate of drug-likeness (QED) is 0.642. The molecule has 142 valence electrons. The van der Waals surface area contributed by atoms with E-state index in [1.54, 1.807) is 12.1 Å². The maximum absolute atomic E-state index is 12.8. The molecule has 0 aromatic heterocycles. The summed E-state index contributed by atoms with van der Waals surface area (Å²) in [5, 5.41) is 29.2. The van der Waals surface area contributed by atoms with Gasteiger partial charge in [0.1, 0.15) is 17.3 Å². The van der Waals surface area contributed by atoms with E-state index in [4.69, 9.17) is 9.47 Å². The minimum atomic E-state index is -1.23. The van der Waals surface area contributed by atoms with Crippen molar-refractivity contribution in [2.45, 2.75) is 24.9 Å². The van der Waals surface area contributed by atoms with E-state index in [1.807, 2.05) is 0 Å². The Kier molecular flexibility index (Phi) is 3.28. The summed E-state index contributed by atoms with van der Waals surface area (Å²) in [6, 6.07) is 4.58. The highest BCUT2D eigenvalue weighted by atomic mass is 16.6. The topological polar surface area (TPSA) is 113 Å². The zero-order chi connectivity index (χ0) is 19.6. The number of phenolic OH excluding ortho intramolecular Hbond substituents is 1. The van der Waals surface area contributed by atoms with Crippen LogP contribution in [0.3, 0.4) is 0 Å². The number of aliphatic hydroxyl groups is 1. The number of ether oxygens (including phenoxy) is 2. The van der Waals surface area contributed by atoms with Crippen LogP contribution in [0.1, 0.15) is 24.8 Å². The molecule has 5 rings (SSSR count). The third kappa shape index (κ3) is 2.10. The highest BCUT2D eigenvalue weighted by Gasteiger charge is 2.59. The number of carbonyl (C=O) groups excluding carboxylic acids is 1. The number of aliphatic carboxylic acids is 1. The van der Waals surface area contributed by atoms with E-state index in [-0.39, 0.29) is 23.5 Å². The molecule has 4 aliphatic rings. The van der Waals surface area contributed by atoms with Crippen molar-refractivity contribution in [3.63, 3.8) is 0 Å². The molecule has 2 unspecified atom stereocenters. The van der Waals surface area contributed by atoms with E-state index in [1.165, 1.54) is 24.3 Å². The third-order valence-corrected chi connectivity index (χ3v) is 5.70. The van der Waals surface area contributed by atoms with Crippen molar-refractivity contribution in [1.82, 2.24) is 0 Å². The SMILES string of the molecule is O=C(O)C1=CC=C2C(C1)C(=O)OC21C2=C(C=C(O)CC2)Oc2cc(O)ccc21. The summed E-state index contributed by atoms with van der Waals surface area (Å²) in [5.74, 6) is -1.41. The first-order valence-corrected chi connectivity index (χ1v) is 8.92. The van der Waals surface area contributed by atoms with E-state index < -0.39 is 23.5 Å². The summed E-state index contributed by atoms with van der Waals surface area (Å²) in [6.45, 7) is 0. The molecule has 0 radical (unpaired) electrons. The maximum Gasteiger partial charge on any atom is 0.331 e. The summed E-state index contributed by atoms with van der Waals surface area (Å²) >= 11 is 0. The third-order valence-electron chi connectivity index (χ3n) is 5.70. The first kappa shape index (κ1) is 16.7. The minimum absolute atomic E-state index is 0.00600. The van der Waals surface area contributed by atoms with Crippen molar-refractivity contribution in [2.75, 3.05) is 0 Å². The van der Waals surface area contributed by atoms with Gasteiger partial charge >= 0.3 is 11.9 Å². The smallest absolute Gasteiger partial charge is 0.331 e. The second-order valence-electron chi connectivity index (χ2n) is 7.24. The lowest BCUT2D eigenvalue weighted by Gasteiger charge is -2.40. The molecule has 1 spiro atoms. The van der Waals surface area contributed by atoms with Crippen LogP contribution in [-0.2, 0) is 19.9 Å². The van der Waals surface area contributed by atoms with Crippen LogP contribution in [0.25, 0.3) is 0 Å². The van der Waals surface area contributed by atoms with Crippen molar-refractivity contribution < 1.29 is 34.4 Å². The monoisotopic (exact) mass is 380 g/mol. The number of phenols is 1. The van der Waals surface area contributed by atoms with E-state index >= 15 is 0 Å². The van der Waals surface area contributed by atoms with E-state index in [0.717, 1.165) is 0 Å². The second-order valence-corrected chi connectivity index (χ2v) is 7.24. The largest absolute Gasteiger partial charge is 0.512 e. The number of hydrogen-bond donors (Lipinski definition) is 3. The van der Waals surface area contributed by atoms with Gasteiger partial charge in [-0.1, -0.05) is 12.2 Å². The van der Waals surface area contributed by atoms with Gasteiger partial charge in [-0.3, -0.25) is 4.79 Å². The molecular weight excluding hydrogens is 364 g/mol. The molecule has 28 heavy (non-hydrogen) atoms. The number of esters is 1. The molecule has 1 aromatic rings. The van der Waals surface area contributed by atoms with Crippen molar-refractivity contribution in [1.29, 1.82) is 0 Å². The average Bonchev–Trinajstić information content (AvgIpc) is 2.94. The Morgan fingerprint density at radius 2 is 2.00 bits per heavy atom. The lowest BCUT2D eigenvalue weighted by molar-refractivity contribution is -0.149. The van der Waals surface area contributed by atoms with Crippen molar-refractivity contribution in [2.24, 2.45) is 5.92 Å². The van der Waals surface area contributed by atoms with Crippen LogP contribution in [0.5, 0.6) is 11.5 Å². The number of fused-ring (bicyclic) bond motifs is 5. The molecule has 1 aromatic carbocycles. The van der Waals surface area contributed by atoms with Crippen LogP contribution in [0.2, 0.25) is 0 Å². The molecule has 0 saturated carbocycles. The highest BCUT2D eigenvalue weighted by Crippen LogP contribution is 2.59. The van der Waals surface area contributed by atoms with Gasteiger partial charge in [0.15, 0.2) is 5.60 Å². The molecule has 0 amide bonds. The Morgan fingerprint density at radius 3 is 2.79 bits per heavy atom. The highest BCUT2D eigenvalue weighted by molar-refractivity contribution is 5.92. The molecule has 7 heteroatoms. The molecule has 0 bridgehead atoms. The van der Waals surface area contributed by atoms with Crippen molar-refractivity contribution in [3.05, 3.63) is 70.2 Å². The molecule has 1 saturated heterocycles. The van der Waals surface area contributed by atoms with Crippen molar-refractivity contribution in [3.8, 4) is 11.5 Å². The maximum atomic E-state index is 12.8. The standard InChI is InChI=1S/C21H16O7/c22-11-2-5-15-17(8-11)27-18-9-12(23)3-6-16(18)21(15)14-4-1-10(19(24)25)7-13(14)20(26)28-21/h1-2,4-5,8-9,13,22-23H,3,6-7H2,(H,24,25). The molecule has 2 aliphatic carbocycles. The van der Waals surface area contributed by atoms with E-state index in [2.05, 4.69) is 0 Å². The molecule has 3 N–H and O–H groups in total. The van der Waals surface area contributed by atoms with Gasteiger partial charge in [-0.25, -0.2) is 4.79 Å². The van der Waals surface area contributed by atoms with Crippen LogP contribution >= 0.6 is 0 Å². The fourth-order valence-corrected chi connectivity index (χ4v) is 4.46. The molecular formula is C21H16O7. The number of benzene rings is 1. The fraction of sp³-hybridized carbons (Fsp3) is 0.238. The van der Waals surface area contributed by atoms with Crippen LogP contribution in [0, 0.1) is 5.92 Å². The first-order chi connectivity index (χ1) is 13.4. The normalized spacial score (nSPS) is 27.6. The zero-order valence-electron chi connectivity index (χ0n) is 14.6. The molecule has 1 fully saturated rings. The molecule has 2 aliphatic heterocycles. The number of aromatic hydroxyl groups is 1. The van der Waals surface area contributed by atoms with E-state index in [0.29, 0.717) is 41.1 Å². The molecule has 7 nitrogen and oxygen atoms in total. The Balaban J connectivity index is 1.79. The number of aliphatic hydroxyl groups excluding tert-OH is 1. The zero-order valence-corrected chi connectivity index (χ0v) is 14.6. The Morgan fingerprint density at radius 1 is 1.18 bits per heavy atom. The minimum Gasteiger partial charge on any atom is -0.512 e. The Hall–Kier alpha value is -3.48. The first-order valence-electron chi connectivity index (χ1n) is 8.92. The summed E-state index contributed by atoms with van der Waals surface area (Å²) in [4.78, 5) is 24.2. The Labute approximate surface area is 159 Å². The second kappa shape index (κ2) is 5.51. The lowest BCUT2D eigenvalue weighted by atomic mass is 9.70. The lowest BCUT2D eigenvalue weighted by Crippen LogP contribution is -2.36. The van der Waals surface area contributed by atoms with Gasteiger partial charge in [-0.05, 0) is 30.5 Å². The summed E-state index contributed by atoms with van der Waals surface area (Å²) in [7, 11) is 0. The Bertz CT molecular complexity index is 1070. The van der Waals surface area contributed by atoms with Crippen LogP contribution in [-0.4, -0.2) is 27.3 Å².